The third-order valence-electron chi connectivity index (χ3n) is 4.99. The highest BCUT2D eigenvalue weighted by Gasteiger charge is 2.43. The lowest BCUT2D eigenvalue weighted by Crippen LogP contribution is -2.37. The Hall–Kier alpha value is -3.37. The quantitative estimate of drug-likeness (QED) is 0.652. The van der Waals surface area contributed by atoms with Gasteiger partial charge in [0.25, 0.3) is 5.56 Å². The van der Waals surface area contributed by atoms with Crippen LogP contribution in [0.25, 0.3) is 22.9 Å². The zero-order valence-corrected chi connectivity index (χ0v) is 15.3. The number of benzene rings is 1. The van der Waals surface area contributed by atoms with Crippen molar-refractivity contribution in [2.24, 2.45) is 13.0 Å². The zero-order chi connectivity index (χ0) is 20.3. The summed E-state index contributed by atoms with van der Waals surface area (Å²) in [4.78, 5) is 32.8. The second-order valence-corrected chi connectivity index (χ2v) is 7.15. The standard InChI is InChI=1S/C18H15F2N5O4/c1-24-16(26)13-15(22-17(24)27)25(7-6-9-2-3-9)23-14(21-13)10-4-5-11-12(8-10)29-18(19,20)28-11/h4-5,8-9H,2-3,6-7H2,1H3. The van der Waals surface area contributed by atoms with Gasteiger partial charge >= 0.3 is 12.0 Å². The molecule has 0 unspecified atom stereocenters. The third-order valence-corrected chi connectivity index (χ3v) is 4.99. The van der Waals surface area contributed by atoms with Crippen molar-refractivity contribution < 1.29 is 18.3 Å². The molecule has 3 aliphatic heterocycles. The minimum atomic E-state index is -3.74. The van der Waals surface area contributed by atoms with E-state index in [1.165, 1.54) is 29.9 Å². The van der Waals surface area contributed by atoms with E-state index in [0.717, 1.165) is 23.8 Å². The maximum absolute atomic E-state index is 13.3. The molecule has 0 atom stereocenters. The molecular weight excluding hydrogens is 388 g/mol. The van der Waals surface area contributed by atoms with Crippen molar-refractivity contribution in [3.05, 3.63) is 39.0 Å². The van der Waals surface area contributed by atoms with E-state index in [1.54, 1.807) is 0 Å². The van der Waals surface area contributed by atoms with Gasteiger partial charge in [-0.3, -0.25) is 9.36 Å². The van der Waals surface area contributed by atoms with Gasteiger partial charge in [0.2, 0.25) is 0 Å². The average molecular weight is 403 g/mol. The summed E-state index contributed by atoms with van der Waals surface area (Å²) in [5.74, 6) is 0.570. The van der Waals surface area contributed by atoms with E-state index in [0.29, 0.717) is 18.0 Å². The van der Waals surface area contributed by atoms with E-state index in [4.69, 9.17) is 0 Å². The van der Waals surface area contributed by atoms with Crippen LogP contribution in [0.4, 0.5) is 8.78 Å². The van der Waals surface area contributed by atoms with Crippen LogP contribution in [0.5, 0.6) is 11.5 Å². The Balaban J connectivity index is 1.65. The van der Waals surface area contributed by atoms with E-state index >= 15 is 0 Å². The summed E-state index contributed by atoms with van der Waals surface area (Å²) in [6.45, 7) is 0.457. The lowest BCUT2D eigenvalue weighted by molar-refractivity contribution is -0.286. The van der Waals surface area contributed by atoms with Crippen LogP contribution in [0, 0.1) is 5.92 Å². The summed E-state index contributed by atoms with van der Waals surface area (Å²) < 4.78 is 37.8. The highest BCUT2D eigenvalue weighted by molar-refractivity contribution is 5.64. The maximum atomic E-state index is 13.3. The van der Waals surface area contributed by atoms with Crippen molar-refractivity contribution >= 4 is 0 Å². The molecule has 29 heavy (non-hydrogen) atoms. The molecule has 0 N–H and O–H groups in total. The molecule has 150 valence electrons. The molecule has 0 radical (unpaired) electrons. The van der Waals surface area contributed by atoms with Gasteiger partial charge in [0.05, 0.1) is 0 Å². The number of aromatic nitrogens is 5. The number of ether oxygens (including phenoxy) is 2. The number of hydrogen-bond donors (Lipinski definition) is 0. The predicted octanol–water partition coefficient (Wildman–Crippen LogP) is 1.63. The molecular formula is C18H15F2N5O4. The topological polar surface area (TPSA) is 101 Å². The SMILES string of the molecule is Cn1c(=O)nc2n(CCC3CC3)nc(-c3ccc4c(c3)OC(F)(F)O4)nc-2c1=O. The van der Waals surface area contributed by atoms with E-state index in [1.807, 2.05) is 0 Å². The molecule has 4 aliphatic rings. The molecule has 1 aliphatic carbocycles. The van der Waals surface area contributed by atoms with Crippen molar-refractivity contribution in [1.82, 2.24) is 24.3 Å². The van der Waals surface area contributed by atoms with Gasteiger partial charge < -0.3 is 9.47 Å². The molecule has 1 saturated carbocycles. The summed E-state index contributed by atoms with van der Waals surface area (Å²) in [6, 6.07) is 4.14. The van der Waals surface area contributed by atoms with E-state index in [2.05, 4.69) is 24.5 Å². The van der Waals surface area contributed by atoms with E-state index in [-0.39, 0.29) is 28.8 Å². The molecule has 0 bridgehead atoms. The predicted molar refractivity (Wildman–Crippen MR) is 94.9 cm³/mol. The summed E-state index contributed by atoms with van der Waals surface area (Å²) in [5, 5.41) is 4.42. The van der Waals surface area contributed by atoms with Gasteiger partial charge in [-0.1, -0.05) is 12.8 Å². The minimum absolute atomic E-state index is 0.0177. The number of nitrogens with zero attached hydrogens (tertiary/aromatic N) is 5. The van der Waals surface area contributed by atoms with Crippen LogP contribution in [-0.4, -0.2) is 30.6 Å². The third kappa shape index (κ3) is 3.12. The molecule has 1 aromatic carbocycles. The first-order valence-electron chi connectivity index (χ1n) is 9.07. The van der Waals surface area contributed by atoms with Crippen LogP contribution >= 0.6 is 0 Å². The molecule has 0 amide bonds. The van der Waals surface area contributed by atoms with Crippen molar-refractivity contribution in [1.29, 1.82) is 0 Å². The fourth-order valence-electron chi connectivity index (χ4n) is 3.21. The Morgan fingerprint density at radius 1 is 1.17 bits per heavy atom. The van der Waals surface area contributed by atoms with Crippen LogP contribution in [0.2, 0.25) is 0 Å². The molecule has 0 spiro atoms. The normalized spacial score (nSPS) is 17.1. The molecule has 0 aromatic heterocycles. The number of alkyl halides is 2. The minimum Gasteiger partial charge on any atom is -0.395 e. The smallest absolute Gasteiger partial charge is 0.395 e. The van der Waals surface area contributed by atoms with Crippen molar-refractivity contribution in [2.75, 3.05) is 0 Å². The number of rotatable bonds is 4. The van der Waals surface area contributed by atoms with Crippen molar-refractivity contribution in [3.63, 3.8) is 0 Å². The number of fused-ring (bicyclic) bond motifs is 2. The molecule has 3 heterocycles. The van der Waals surface area contributed by atoms with Crippen molar-refractivity contribution in [2.45, 2.75) is 32.1 Å². The fourth-order valence-corrected chi connectivity index (χ4v) is 3.21. The van der Waals surface area contributed by atoms with Gasteiger partial charge in [0.15, 0.2) is 28.8 Å². The maximum Gasteiger partial charge on any atom is 0.586 e. The second kappa shape index (κ2) is 6.06. The average Bonchev–Trinajstić information content (AvgIpc) is 3.44. The Labute approximate surface area is 161 Å². The molecule has 1 aromatic rings. The number of hydrogen-bond acceptors (Lipinski definition) is 7. The first-order chi connectivity index (χ1) is 13.8. The second-order valence-electron chi connectivity index (χ2n) is 7.15. The lowest BCUT2D eigenvalue weighted by atomic mass is 10.2. The first-order valence-corrected chi connectivity index (χ1v) is 9.07. The van der Waals surface area contributed by atoms with Gasteiger partial charge in [-0.2, -0.15) is 10.1 Å². The van der Waals surface area contributed by atoms with Gasteiger partial charge in [-0.25, -0.2) is 14.5 Å². The van der Waals surface area contributed by atoms with Gasteiger partial charge in [-0.05, 0) is 30.5 Å². The van der Waals surface area contributed by atoms with Crippen LogP contribution in [-0.2, 0) is 13.6 Å². The van der Waals surface area contributed by atoms with Crippen LogP contribution in [0.15, 0.2) is 27.8 Å². The number of aryl methyl sites for hydroxylation is 1. The van der Waals surface area contributed by atoms with E-state index < -0.39 is 17.5 Å². The summed E-state index contributed by atoms with van der Waals surface area (Å²) in [5.41, 5.74) is -0.947. The van der Waals surface area contributed by atoms with Crippen LogP contribution in [0.1, 0.15) is 19.3 Å². The molecule has 1 fully saturated rings. The first kappa shape index (κ1) is 17.7. The fraction of sp³-hybridized carbons (Fsp3) is 0.389. The monoisotopic (exact) mass is 403 g/mol. The zero-order valence-electron chi connectivity index (χ0n) is 15.3. The Kier molecular flexibility index (Phi) is 3.70. The Morgan fingerprint density at radius 3 is 2.69 bits per heavy atom. The van der Waals surface area contributed by atoms with Crippen LogP contribution in [0.3, 0.4) is 0 Å². The van der Waals surface area contributed by atoms with Crippen LogP contribution < -0.4 is 20.7 Å². The Morgan fingerprint density at radius 2 is 1.93 bits per heavy atom. The number of halogens is 2. The van der Waals surface area contributed by atoms with Gasteiger partial charge in [0, 0.05) is 19.2 Å². The molecule has 5 rings (SSSR count). The highest BCUT2D eigenvalue weighted by atomic mass is 19.3. The summed E-state index contributed by atoms with van der Waals surface area (Å²) >= 11 is 0. The van der Waals surface area contributed by atoms with Gasteiger partial charge in [-0.15, -0.1) is 8.78 Å². The Bertz CT molecular complexity index is 1220. The van der Waals surface area contributed by atoms with E-state index in [9.17, 15) is 18.4 Å². The van der Waals surface area contributed by atoms with Crippen molar-refractivity contribution in [3.8, 4) is 34.4 Å². The lowest BCUT2D eigenvalue weighted by Gasteiger charge is -2.14. The largest absolute Gasteiger partial charge is 0.586 e. The molecule has 0 saturated heterocycles. The van der Waals surface area contributed by atoms with Gasteiger partial charge in [0.1, 0.15) is 0 Å². The highest BCUT2D eigenvalue weighted by Crippen LogP contribution is 2.42. The summed E-state index contributed by atoms with van der Waals surface area (Å²) in [7, 11) is 1.32. The summed E-state index contributed by atoms with van der Waals surface area (Å²) in [6.07, 6.45) is -0.641. The molecule has 11 heteroatoms. The molecule has 9 nitrogen and oxygen atoms in total.